The predicted molar refractivity (Wildman–Crippen MR) is 133 cm³/mol. The van der Waals surface area contributed by atoms with E-state index >= 15 is 0 Å². The number of amides is 1. The van der Waals surface area contributed by atoms with Gasteiger partial charge in [0.1, 0.15) is 17.1 Å². The van der Waals surface area contributed by atoms with Gasteiger partial charge in [0.2, 0.25) is 5.88 Å². The van der Waals surface area contributed by atoms with Crippen molar-refractivity contribution >= 4 is 38.8 Å². The number of rotatable bonds is 6. The number of anilines is 1. The van der Waals surface area contributed by atoms with E-state index in [1.807, 2.05) is 67.0 Å². The summed E-state index contributed by atoms with van der Waals surface area (Å²) in [5, 5.41) is 3.73. The lowest BCUT2D eigenvalue weighted by Crippen LogP contribution is -2.11. The molecule has 0 atom stereocenters. The average molecular weight is 474 g/mol. The summed E-state index contributed by atoms with van der Waals surface area (Å²) < 4.78 is 12.6. The van der Waals surface area contributed by atoms with Gasteiger partial charge in [-0.1, -0.05) is 18.2 Å². The minimum Gasteiger partial charge on any atom is -0.480 e. The number of thiophene rings is 1. The molecule has 0 bridgehead atoms. The second-order valence-corrected chi connectivity index (χ2v) is 8.90. The van der Waals surface area contributed by atoms with E-state index in [0.29, 0.717) is 27.1 Å². The molecule has 4 heterocycles. The SMILES string of the molecule is COCc1nc(OC)c2c(C)c(C(=O)Nc3ccc(-c4cn5cccc(C)c5n4)cc3)sc2n1. The van der Waals surface area contributed by atoms with Gasteiger partial charge in [0.05, 0.1) is 23.1 Å². The van der Waals surface area contributed by atoms with Crippen molar-refractivity contribution in [2.24, 2.45) is 0 Å². The number of aromatic nitrogens is 4. The minimum absolute atomic E-state index is 0.202. The molecule has 1 aromatic carbocycles. The van der Waals surface area contributed by atoms with Crippen LogP contribution in [0.1, 0.15) is 26.6 Å². The molecule has 0 aliphatic heterocycles. The van der Waals surface area contributed by atoms with Gasteiger partial charge in [0.15, 0.2) is 5.82 Å². The van der Waals surface area contributed by atoms with Gasteiger partial charge in [0.25, 0.3) is 5.91 Å². The van der Waals surface area contributed by atoms with Crippen molar-refractivity contribution in [2.75, 3.05) is 19.5 Å². The van der Waals surface area contributed by atoms with E-state index in [-0.39, 0.29) is 12.5 Å². The molecule has 0 aliphatic rings. The number of fused-ring (bicyclic) bond motifs is 2. The number of hydrogen-bond acceptors (Lipinski definition) is 7. The molecule has 9 heteroatoms. The van der Waals surface area contributed by atoms with E-state index in [0.717, 1.165) is 33.4 Å². The zero-order chi connectivity index (χ0) is 23.8. The summed E-state index contributed by atoms with van der Waals surface area (Å²) in [6.45, 7) is 4.19. The Labute approximate surface area is 200 Å². The Morgan fingerprint density at radius 2 is 1.88 bits per heavy atom. The molecule has 1 N–H and O–H groups in total. The molecular formula is C25H23N5O3S. The number of nitrogens with one attached hydrogen (secondary N) is 1. The van der Waals surface area contributed by atoms with Crippen molar-refractivity contribution in [3.63, 3.8) is 0 Å². The maximum Gasteiger partial charge on any atom is 0.266 e. The molecule has 34 heavy (non-hydrogen) atoms. The topological polar surface area (TPSA) is 90.6 Å². The number of carbonyl (C=O) groups is 1. The summed E-state index contributed by atoms with van der Waals surface area (Å²) in [6.07, 6.45) is 3.99. The van der Waals surface area contributed by atoms with Crippen LogP contribution in [0.4, 0.5) is 5.69 Å². The molecular weight excluding hydrogens is 450 g/mol. The lowest BCUT2D eigenvalue weighted by molar-refractivity contribution is 0.103. The van der Waals surface area contributed by atoms with Crippen LogP contribution in [0.2, 0.25) is 0 Å². The minimum atomic E-state index is -0.202. The number of ether oxygens (including phenoxy) is 2. The van der Waals surface area contributed by atoms with Gasteiger partial charge >= 0.3 is 0 Å². The van der Waals surface area contributed by atoms with Crippen LogP contribution in [0.3, 0.4) is 0 Å². The third-order valence-electron chi connectivity index (χ3n) is 5.59. The summed E-state index contributed by atoms with van der Waals surface area (Å²) in [5.41, 5.74) is 5.39. The maximum absolute atomic E-state index is 13.1. The molecule has 8 nitrogen and oxygen atoms in total. The molecule has 0 radical (unpaired) electrons. The normalized spacial score (nSPS) is 11.3. The molecule has 0 saturated heterocycles. The molecule has 0 aliphatic carbocycles. The zero-order valence-electron chi connectivity index (χ0n) is 19.2. The average Bonchev–Trinajstić information content (AvgIpc) is 3.42. The molecule has 0 unspecified atom stereocenters. The van der Waals surface area contributed by atoms with E-state index < -0.39 is 0 Å². The zero-order valence-corrected chi connectivity index (χ0v) is 20.1. The Morgan fingerprint density at radius 1 is 1.09 bits per heavy atom. The first-order valence-electron chi connectivity index (χ1n) is 10.7. The summed E-state index contributed by atoms with van der Waals surface area (Å²) in [5.74, 6) is 0.752. The van der Waals surface area contributed by atoms with Crippen molar-refractivity contribution in [3.05, 3.63) is 70.6 Å². The predicted octanol–water partition coefficient (Wildman–Crippen LogP) is 5.03. The summed E-state index contributed by atoms with van der Waals surface area (Å²) in [6, 6.07) is 11.7. The van der Waals surface area contributed by atoms with Crippen LogP contribution in [-0.2, 0) is 11.3 Å². The number of methoxy groups -OCH3 is 2. The molecule has 5 rings (SSSR count). The Kier molecular flexibility index (Phi) is 5.72. The number of aryl methyl sites for hydroxylation is 2. The fourth-order valence-corrected chi connectivity index (χ4v) is 4.99. The van der Waals surface area contributed by atoms with Crippen molar-refractivity contribution in [3.8, 4) is 17.1 Å². The second kappa shape index (κ2) is 8.85. The second-order valence-electron chi connectivity index (χ2n) is 7.90. The Balaban J connectivity index is 1.40. The van der Waals surface area contributed by atoms with Crippen molar-refractivity contribution in [1.82, 2.24) is 19.4 Å². The van der Waals surface area contributed by atoms with E-state index in [2.05, 4.69) is 15.3 Å². The summed E-state index contributed by atoms with van der Waals surface area (Å²) >= 11 is 1.31. The molecule has 5 aromatic rings. The number of benzene rings is 1. The number of imidazole rings is 1. The van der Waals surface area contributed by atoms with Gasteiger partial charge in [-0.05, 0) is 43.2 Å². The van der Waals surface area contributed by atoms with E-state index in [9.17, 15) is 4.79 Å². The largest absolute Gasteiger partial charge is 0.480 e. The van der Waals surface area contributed by atoms with Crippen LogP contribution in [0.25, 0.3) is 27.1 Å². The number of pyridine rings is 1. The van der Waals surface area contributed by atoms with Gasteiger partial charge in [-0.2, -0.15) is 4.98 Å². The van der Waals surface area contributed by atoms with E-state index in [4.69, 9.17) is 14.5 Å². The molecule has 0 fully saturated rings. The first-order valence-corrected chi connectivity index (χ1v) is 11.5. The third-order valence-corrected chi connectivity index (χ3v) is 6.78. The molecule has 172 valence electrons. The van der Waals surface area contributed by atoms with Crippen LogP contribution in [0, 0.1) is 13.8 Å². The highest BCUT2D eigenvalue weighted by Crippen LogP contribution is 2.35. The van der Waals surface area contributed by atoms with Crippen molar-refractivity contribution < 1.29 is 14.3 Å². The Morgan fingerprint density at radius 3 is 2.59 bits per heavy atom. The van der Waals surface area contributed by atoms with Gasteiger partial charge in [0, 0.05) is 30.8 Å². The Bertz CT molecular complexity index is 1520. The molecule has 4 aromatic heterocycles. The summed E-state index contributed by atoms with van der Waals surface area (Å²) in [7, 11) is 3.14. The lowest BCUT2D eigenvalue weighted by atomic mass is 10.1. The quantitative estimate of drug-likeness (QED) is 0.372. The van der Waals surface area contributed by atoms with Crippen LogP contribution < -0.4 is 10.1 Å². The number of nitrogens with zero attached hydrogens (tertiary/aromatic N) is 4. The van der Waals surface area contributed by atoms with Gasteiger partial charge in [-0.15, -0.1) is 11.3 Å². The highest BCUT2D eigenvalue weighted by atomic mass is 32.1. The molecule has 0 saturated carbocycles. The van der Waals surface area contributed by atoms with Crippen molar-refractivity contribution in [2.45, 2.75) is 20.5 Å². The van der Waals surface area contributed by atoms with Crippen molar-refractivity contribution in [1.29, 1.82) is 0 Å². The fraction of sp³-hybridized carbons (Fsp3) is 0.200. The highest BCUT2D eigenvalue weighted by molar-refractivity contribution is 7.20. The van der Waals surface area contributed by atoms with Crippen LogP contribution in [0.5, 0.6) is 5.88 Å². The smallest absolute Gasteiger partial charge is 0.266 e. The van der Waals surface area contributed by atoms with Crippen LogP contribution in [-0.4, -0.2) is 39.5 Å². The monoisotopic (exact) mass is 473 g/mol. The van der Waals surface area contributed by atoms with Crippen LogP contribution in [0.15, 0.2) is 48.8 Å². The maximum atomic E-state index is 13.1. The first-order chi connectivity index (χ1) is 16.5. The number of carbonyl (C=O) groups excluding carboxylic acids is 1. The summed E-state index contributed by atoms with van der Waals surface area (Å²) in [4.78, 5) is 28.0. The molecule has 1 amide bonds. The van der Waals surface area contributed by atoms with E-state index in [1.165, 1.54) is 11.3 Å². The standard InChI is InChI=1S/C25H23N5O3S/c1-14-6-5-11-30-12-18(27-22(14)30)16-7-9-17(10-8-16)26-23(31)21-15(2)20-24(33-4)28-19(13-32-3)29-25(20)34-21/h5-12H,13H2,1-4H3,(H,26,31). The van der Waals surface area contributed by atoms with Crippen LogP contribution >= 0.6 is 11.3 Å². The van der Waals surface area contributed by atoms with E-state index in [1.54, 1.807) is 14.2 Å². The lowest BCUT2D eigenvalue weighted by Gasteiger charge is -2.06. The molecule has 0 spiro atoms. The Hall–Kier alpha value is -3.82. The van der Waals surface area contributed by atoms with Gasteiger partial charge < -0.3 is 19.2 Å². The fourth-order valence-electron chi connectivity index (χ4n) is 3.91. The third kappa shape index (κ3) is 3.89. The van der Waals surface area contributed by atoms with Gasteiger partial charge in [-0.3, -0.25) is 4.79 Å². The van der Waals surface area contributed by atoms with Gasteiger partial charge in [-0.25, -0.2) is 9.97 Å². The first kappa shape index (κ1) is 22.0. The number of hydrogen-bond donors (Lipinski definition) is 1. The highest BCUT2D eigenvalue weighted by Gasteiger charge is 2.21.